The number of carbonyl (C=O) groups is 1. The van der Waals surface area contributed by atoms with Crippen molar-refractivity contribution in [3.8, 4) is 0 Å². The fourth-order valence-electron chi connectivity index (χ4n) is 3.40. The Morgan fingerprint density at radius 3 is 2.73 bits per heavy atom. The molecule has 2 heterocycles. The first-order valence-corrected chi connectivity index (χ1v) is 9.51. The van der Waals surface area contributed by atoms with Crippen LogP contribution in [0.2, 0.25) is 0 Å². The standard InChI is InChI=1S/C20H20BrN3O2/c1-11-17(12(2)24(3)23-11)9-14-8-15(21)6-7-16(14)19(25)18-10-22-26-20(18)13-4-5-13/h6-8,10,13H,4-5,9H2,1-3H3. The third-order valence-corrected chi connectivity index (χ3v) is 5.62. The van der Waals surface area contributed by atoms with Crippen LogP contribution in [0.25, 0.3) is 0 Å². The van der Waals surface area contributed by atoms with E-state index in [1.165, 1.54) is 0 Å². The Balaban J connectivity index is 1.75. The van der Waals surface area contributed by atoms with E-state index in [-0.39, 0.29) is 5.78 Å². The van der Waals surface area contributed by atoms with Crippen LogP contribution in [0.1, 0.15) is 63.0 Å². The SMILES string of the molecule is Cc1nn(C)c(C)c1Cc1cc(Br)ccc1C(=O)c1cnoc1C1CC1. The lowest BCUT2D eigenvalue weighted by molar-refractivity contribution is 0.103. The number of rotatable bonds is 5. The summed E-state index contributed by atoms with van der Waals surface area (Å²) in [7, 11) is 1.94. The number of nitrogens with zero attached hydrogens (tertiary/aromatic N) is 3. The van der Waals surface area contributed by atoms with Gasteiger partial charge in [-0.3, -0.25) is 9.48 Å². The van der Waals surface area contributed by atoms with Crippen LogP contribution >= 0.6 is 15.9 Å². The van der Waals surface area contributed by atoms with E-state index >= 15 is 0 Å². The molecule has 1 saturated carbocycles. The zero-order valence-corrected chi connectivity index (χ0v) is 16.6. The predicted octanol–water partition coefficient (Wildman–Crippen LogP) is 4.49. The molecule has 26 heavy (non-hydrogen) atoms. The molecule has 0 N–H and O–H groups in total. The van der Waals surface area contributed by atoms with E-state index in [2.05, 4.69) is 33.1 Å². The van der Waals surface area contributed by atoms with Gasteiger partial charge in [0.25, 0.3) is 0 Å². The van der Waals surface area contributed by atoms with Gasteiger partial charge < -0.3 is 4.52 Å². The van der Waals surface area contributed by atoms with Crippen LogP contribution < -0.4 is 0 Å². The molecule has 1 aromatic carbocycles. The maximum atomic E-state index is 13.2. The van der Waals surface area contributed by atoms with Gasteiger partial charge >= 0.3 is 0 Å². The van der Waals surface area contributed by atoms with Crippen LogP contribution in [0.3, 0.4) is 0 Å². The molecule has 6 heteroatoms. The molecule has 0 radical (unpaired) electrons. The first kappa shape index (κ1) is 17.2. The van der Waals surface area contributed by atoms with Crippen molar-refractivity contribution < 1.29 is 9.32 Å². The minimum absolute atomic E-state index is 0.0187. The number of hydrogen-bond donors (Lipinski definition) is 0. The first-order chi connectivity index (χ1) is 12.5. The van der Waals surface area contributed by atoms with Crippen LogP contribution in [-0.2, 0) is 13.5 Å². The molecule has 1 aliphatic carbocycles. The molecule has 2 aromatic heterocycles. The molecular weight excluding hydrogens is 394 g/mol. The second kappa shape index (κ2) is 6.50. The Hall–Kier alpha value is -2.21. The van der Waals surface area contributed by atoms with Crippen molar-refractivity contribution in [3.05, 3.63) is 68.3 Å². The molecule has 134 valence electrons. The number of aromatic nitrogens is 3. The lowest BCUT2D eigenvalue weighted by atomic mass is 9.93. The molecule has 0 atom stereocenters. The zero-order valence-electron chi connectivity index (χ0n) is 15.0. The van der Waals surface area contributed by atoms with Gasteiger partial charge in [-0.25, -0.2) is 0 Å². The molecule has 0 amide bonds. The topological polar surface area (TPSA) is 60.9 Å². The minimum Gasteiger partial charge on any atom is -0.360 e. The number of halogens is 1. The maximum absolute atomic E-state index is 13.2. The highest BCUT2D eigenvalue weighted by Crippen LogP contribution is 2.42. The van der Waals surface area contributed by atoms with E-state index in [1.807, 2.05) is 36.9 Å². The van der Waals surface area contributed by atoms with E-state index < -0.39 is 0 Å². The van der Waals surface area contributed by atoms with Gasteiger partial charge in [0, 0.05) is 40.7 Å². The molecule has 0 spiro atoms. The van der Waals surface area contributed by atoms with Crippen LogP contribution in [0, 0.1) is 13.8 Å². The van der Waals surface area contributed by atoms with E-state index in [0.29, 0.717) is 23.5 Å². The van der Waals surface area contributed by atoms with E-state index in [9.17, 15) is 4.79 Å². The summed E-state index contributed by atoms with van der Waals surface area (Å²) in [6.07, 6.45) is 4.35. The fraction of sp³-hybridized carbons (Fsp3) is 0.350. The zero-order chi connectivity index (χ0) is 18.4. The van der Waals surface area contributed by atoms with Gasteiger partial charge in [-0.05, 0) is 50.5 Å². The number of ketones is 1. The highest BCUT2D eigenvalue weighted by Gasteiger charge is 2.33. The van der Waals surface area contributed by atoms with Gasteiger partial charge in [-0.1, -0.05) is 21.1 Å². The molecule has 1 fully saturated rings. The van der Waals surface area contributed by atoms with E-state index in [1.54, 1.807) is 6.20 Å². The number of hydrogen-bond acceptors (Lipinski definition) is 4. The van der Waals surface area contributed by atoms with Gasteiger partial charge in [0.15, 0.2) is 11.5 Å². The predicted molar refractivity (Wildman–Crippen MR) is 102 cm³/mol. The second-order valence-corrected chi connectivity index (χ2v) is 7.87. The summed E-state index contributed by atoms with van der Waals surface area (Å²) in [6.45, 7) is 4.06. The van der Waals surface area contributed by atoms with Crippen molar-refractivity contribution in [2.24, 2.45) is 7.05 Å². The lowest BCUT2D eigenvalue weighted by Crippen LogP contribution is -2.08. The van der Waals surface area contributed by atoms with Crippen molar-refractivity contribution in [3.63, 3.8) is 0 Å². The summed E-state index contributed by atoms with van der Waals surface area (Å²) in [4.78, 5) is 13.2. The Morgan fingerprint density at radius 1 is 1.31 bits per heavy atom. The molecule has 0 bridgehead atoms. The van der Waals surface area contributed by atoms with E-state index in [0.717, 1.165) is 45.6 Å². The quantitative estimate of drug-likeness (QED) is 0.578. The van der Waals surface area contributed by atoms with Crippen molar-refractivity contribution in [2.75, 3.05) is 0 Å². The van der Waals surface area contributed by atoms with Crippen molar-refractivity contribution in [2.45, 2.75) is 39.0 Å². The first-order valence-electron chi connectivity index (χ1n) is 8.72. The summed E-state index contributed by atoms with van der Waals surface area (Å²) in [5.74, 6) is 1.06. The van der Waals surface area contributed by atoms with Crippen LogP contribution in [-0.4, -0.2) is 20.7 Å². The Morgan fingerprint density at radius 2 is 2.08 bits per heavy atom. The van der Waals surface area contributed by atoms with Crippen molar-refractivity contribution in [1.82, 2.24) is 14.9 Å². The van der Waals surface area contributed by atoms with Gasteiger partial charge in [-0.15, -0.1) is 0 Å². The minimum atomic E-state index is -0.0187. The summed E-state index contributed by atoms with van der Waals surface area (Å²) >= 11 is 3.53. The smallest absolute Gasteiger partial charge is 0.198 e. The largest absolute Gasteiger partial charge is 0.360 e. The summed E-state index contributed by atoms with van der Waals surface area (Å²) in [6, 6.07) is 5.81. The van der Waals surface area contributed by atoms with Crippen LogP contribution in [0.5, 0.6) is 0 Å². The lowest BCUT2D eigenvalue weighted by Gasteiger charge is -2.10. The Bertz CT molecular complexity index is 999. The third-order valence-electron chi connectivity index (χ3n) is 5.13. The Kier molecular flexibility index (Phi) is 4.31. The number of benzene rings is 1. The average molecular weight is 414 g/mol. The molecule has 0 saturated heterocycles. The number of carbonyl (C=O) groups excluding carboxylic acids is 1. The highest BCUT2D eigenvalue weighted by molar-refractivity contribution is 9.10. The summed E-state index contributed by atoms with van der Waals surface area (Å²) < 4.78 is 8.20. The molecular formula is C20H20BrN3O2. The van der Waals surface area contributed by atoms with Gasteiger partial charge in [-0.2, -0.15) is 5.10 Å². The Labute approximate surface area is 160 Å². The van der Waals surface area contributed by atoms with Gasteiger partial charge in [0.2, 0.25) is 0 Å². The molecule has 3 aromatic rings. The fourth-order valence-corrected chi connectivity index (χ4v) is 3.81. The third kappa shape index (κ3) is 3.03. The molecule has 4 rings (SSSR count). The normalized spacial score (nSPS) is 14.0. The summed E-state index contributed by atoms with van der Waals surface area (Å²) in [5.41, 5.74) is 5.53. The number of aryl methyl sites for hydroxylation is 2. The van der Waals surface area contributed by atoms with E-state index in [4.69, 9.17) is 4.52 Å². The molecule has 0 aliphatic heterocycles. The highest BCUT2D eigenvalue weighted by atomic mass is 79.9. The maximum Gasteiger partial charge on any atom is 0.198 e. The second-order valence-electron chi connectivity index (χ2n) is 6.96. The van der Waals surface area contributed by atoms with Crippen LogP contribution in [0.15, 0.2) is 33.4 Å². The average Bonchev–Trinajstić information content (AvgIpc) is 3.29. The van der Waals surface area contributed by atoms with Gasteiger partial charge in [0.05, 0.1) is 17.5 Å². The molecule has 0 unspecified atom stereocenters. The monoisotopic (exact) mass is 413 g/mol. The summed E-state index contributed by atoms with van der Waals surface area (Å²) in [5, 5.41) is 8.37. The molecule has 5 nitrogen and oxygen atoms in total. The van der Waals surface area contributed by atoms with Gasteiger partial charge in [0.1, 0.15) is 0 Å². The van der Waals surface area contributed by atoms with Crippen molar-refractivity contribution in [1.29, 1.82) is 0 Å². The van der Waals surface area contributed by atoms with Crippen LogP contribution in [0.4, 0.5) is 0 Å². The van der Waals surface area contributed by atoms with Crippen molar-refractivity contribution >= 4 is 21.7 Å². The molecule has 1 aliphatic rings.